The van der Waals surface area contributed by atoms with Crippen molar-refractivity contribution in [1.29, 1.82) is 0 Å². The minimum atomic E-state index is -4.21. The van der Waals surface area contributed by atoms with Crippen LogP contribution in [-0.4, -0.2) is 32.9 Å². The number of amides is 2. The fourth-order valence-corrected chi connectivity index (χ4v) is 5.54. The molecular weight excluding hydrogens is 489 g/mol. The summed E-state index contributed by atoms with van der Waals surface area (Å²) >= 11 is 0. The zero-order valence-corrected chi connectivity index (χ0v) is 20.5. The first-order chi connectivity index (χ1) is 17.3. The lowest BCUT2D eigenvalue weighted by atomic mass is 9.34. The molecule has 0 spiro atoms. The van der Waals surface area contributed by atoms with Crippen LogP contribution in [0.3, 0.4) is 0 Å². The SMILES string of the molecule is CC(C(=O)Nc1cc(C23CC(C(F)(F)F)(C2)C3)no1)c1ccc(-c2nn(C(C)C)c(N)c2C(N)=O)cc1. The first-order valence-corrected chi connectivity index (χ1v) is 11.9. The van der Waals surface area contributed by atoms with E-state index in [0.29, 0.717) is 22.5 Å². The van der Waals surface area contributed by atoms with Gasteiger partial charge in [0, 0.05) is 23.1 Å². The summed E-state index contributed by atoms with van der Waals surface area (Å²) in [4.78, 5) is 24.8. The third kappa shape index (κ3) is 3.77. The van der Waals surface area contributed by atoms with Crippen molar-refractivity contribution in [3.8, 4) is 11.3 Å². The zero-order valence-electron chi connectivity index (χ0n) is 20.5. The Morgan fingerprint density at radius 1 is 1.14 bits per heavy atom. The van der Waals surface area contributed by atoms with Crippen LogP contribution in [0.4, 0.5) is 24.9 Å². The Bertz CT molecular complexity index is 1370. The number of alkyl halides is 3. The van der Waals surface area contributed by atoms with Gasteiger partial charge in [0.15, 0.2) is 0 Å². The van der Waals surface area contributed by atoms with Gasteiger partial charge in [0.2, 0.25) is 11.8 Å². The molecule has 37 heavy (non-hydrogen) atoms. The average Bonchev–Trinajstić information content (AvgIpc) is 3.34. The Labute approximate surface area is 210 Å². The Hall–Kier alpha value is -3.83. The normalized spacial score (nSPS) is 23.3. The van der Waals surface area contributed by atoms with Crippen molar-refractivity contribution in [3.05, 3.63) is 47.2 Å². The lowest BCUT2D eigenvalue weighted by molar-refractivity contribution is -0.338. The molecule has 2 bridgehead atoms. The van der Waals surface area contributed by atoms with Crippen molar-refractivity contribution < 1.29 is 27.3 Å². The Morgan fingerprint density at radius 3 is 2.30 bits per heavy atom. The molecule has 3 aliphatic carbocycles. The summed E-state index contributed by atoms with van der Waals surface area (Å²) in [5.41, 5.74) is 11.7. The summed E-state index contributed by atoms with van der Waals surface area (Å²) in [7, 11) is 0. The van der Waals surface area contributed by atoms with E-state index in [2.05, 4.69) is 15.6 Å². The highest BCUT2D eigenvalue weighted by molar-refractivity contribution is 6.03. The third-order valence-electron chi connectivity index (χ3n) is 7.69. The van der Waals surface area contributed by atoms with Crippen molar-refractivity contribution in [2.45, 2.75) is 63.6 Å². The first kappa shape index (κ1) is 24.8. The number of nitrogens with two attached hydrogens (primary N) is 2. The van der Waals surface area contributed by atoms with Crippen molar-refractivity contribution in [3.63, 3.8) is 0 Å². The molecule has 2 aromatic heterocycles. The molecule has 9 nitrogen and oxygen atoms in total. The molecule has 1 atom stereocenters. The van der Waals surface area contributed by atoms with Crippen molar-refractivity contribution in [2.75, 3.05) is 11.1 Å². The van der Waals surface area contributed by atoms with Gasteiger partial charge in [0.25, 0.3) is 5.91 Å². The highest BCUT2D eigenvalue weighted by Crippen LogP contribution is 2.78. The van der Waals surface area contributed by atoms with Crippen LogP contribution in [0.1, 0.15) is 73.6 Å². The quantitative estimate of drug-likeness (QED) is 0.421. The van der Waals surface area contributed by atoms with Crippen LogP contribution in [0.15, 0.2) is 34.9 Å². The van der Waals surface area contributed by atoms with E-state index in [1.165, 1.54) is 10.7 Å². The first-order valence-electron chi connectivity index (χ1n) is 11.9. The van der Waals surface area contributed by atoms with Gasteiger partial charge in [-0.05, 0) is 45.6 Å². The molecular formula is C25H27F3N6O3. The predicted molar refractivity (Wildman–Crippen MR) is 129 cm³/mol. The molecule has 2 heterocycles. The van der Waals surface area contributed by atoms with Crippen LogP contribution >= 0.6 is 0 Å². The standard InChI is InChI=1S/C25H27F3N6O3/c1-12(2)34-20(29)18(21(30)35)19(32-34)15-6-4-14(5-7-15)13(3)22(36)31-17-8-16(33-37-17)23-9-24(10-23,11-23)25(26,27)28/h4-8,12-13H,9-11,29H2,1-3H3,(H2,30,35)(H,31,36). The van der Waals surface area contributed by atoms with E-state index in [1.54, 1.807) is 31.2 Å². The van der Waals surface area contributed by atoms with Crippen LogP contribution in [0.25, 0.3) is 11.3 Å². The van der Waals surface area contributed by atoms with Crippen LogP contribution < -0.4 is 16.8 Å². The number of anilines is 2. The van der Waals surface area contributed by atoms with Gasteiger partial charge in [-0.25, -0.2) is 4.68 Å². The maximum absolute atomic E-state index is 13.1. The van der Waals surface area contributed by atoms with E-state index < -0.39 is 28.8 Å². The summed E-state index contributed by atoms with van der Waals surface area (Å²) in [6.45, 7) is 5.47. The molecule has 5 N–H and O–H groups in total. The minimum Gasteiger partial charge on any atom is -0.383 e. The van der Waals surface area contributed by atoms with Gasteiger partial charge in [-0.1, -0.05) is 29.4 Å². The second-order valence-corrected chi connectivity index (χ2v) is 10.5. The molecule has 1 unspecified atom stereocenters. The van der Waals surface area contributed by atoms with E-state index >= 15 is 0 Å². The Balaban J connectivity index is 1.27. The van der Waals surface area contributed by atoms with E-state index in [-0.39, 0.29) is 48.5 Å². The number of benzene rings is 1. The highest BCUT2D eigenvalue weighted by atomic mass is 19.4. The van der Waals surface area contributed by atoms with Crippen LogP contribution in [0.2, 0.25) is 0 Å². The van der Waals surface area contributed by atoms with Gasteiger partial charge < -0.3 is 16.0 Å². The lowest BCUT2D eigenvalue weighted by Gasteiger charge is -2.69. The van der Waals surface area contributed by atoms with Crippen LogP contribution in [-0.2, 0) is 10.2 Å². The maximum Gasteiger partial charge on any atom is 0.394 e. The summed E-state index contributed by atoms with van der Waals surface area (Å²) in [6, 6.07) is 8.35. The number of nitrogen functional groups attached to an aromatic ring is 1. The van der Waals surface area contributed by atoms with E-state index in [1.807, 2.05) is 13.8 Å². The smallest absolute Gasteiger partial charge is 0.383 e. The summed E-state index contributed by atoms with van der Waals surface area (Å²) in [6.07, 6.45) is -4.19. The Kier molecular flexibility index (Phi) is 5.43. The number of rotatable bonds is 7. The number of halogens is 3. The second kappa shape index (κ2) is 8.09. The lowest BCUT2D eigenvalue weighted by Crippen LogP contribution is -2.70. The molecule has 3 fully saturated rings. The number of nitrogens with one attached hydrogen (secondary N) is 1. The molecule has 196 valence electrons. The average molecular weight is 517 g/mol. The minimum absolute atomic E-state index is 0.00466. The van der Waals surface area contributed by atoms with Crippen molar-refractivity contribution >= 4 is 23.5 Å². The largest absolute Gasteiger partial charge is 0.394 e. The summed E-state index contributed by atoms with van der Waals surface area (Å²) in [5.74, 6) is -1.36. The second-order valence-electron chi connectivity index (χ2n) is 10.5. The van der Waals surface area contributed by atoms with Gasteiger partial charge in [0.05, 0.1) is 17.0 Å². The molecule has 3 saturated carbocycles. The van der Waals surface area contributed by atoms with Gasteiger partial charge in [0.1, 0.15) is 17.1 Å². The van der Waals surface area contributed by atoms with E-state index in [9.17, 15) is 22.8 Å². The fraction of sp³-hybridized carbons (Fsp3) is 0.440. The number of hydrogen-bond donors (Lipinski definition) is 3. The predicted octanol–water partition coefficient (Wildman–Crippen LogP) is 4.53. The number of aromatic nitrogens is 3. The molecule has 1 aromatic carbocycles. The summed E-state index contributed by atoms with van der Waals surface area (Å²) < 4.78 is 46.1. The van der Waals surface area contributed by atoms with Crippen molar-refractivity contribution in [1.82, 2.24) is 14.9 Å². The molecule has 3 aliphatic rings. The molecule has 0 radical (unpaired) electrons. The molecule has 0 saturated heterocycles. The fourth-order valence-electron chi connectivity index (χ4n) is 5.54. The third-order valence-corrected chi connectivity index (χ3v) is 7.69. The molecule has 12 heteroatoms. The maximum atomic E-state index is 13.1. The monoisotopic (exact) mass is 516 g/mol. The number of nitrogens with zero attached hydrogens (tertiary/aromatic N) is 3. The summed E-state index contributed by atoms with van der Waals surface area (Å²) in [5, 5.41) is 11.0. The molecule has 2 amide bonds. The van der Waals surface area contributed by atoms with Gasteiger partial charge in [-0.2, -0.15) is 18.3 Å². The number of hydrogen-bond acceptors (Lipinski definition) is 6. The number of primary amides is 1. The van der Waals surface area contributed by atoms with Crippen LogP contribution in [0, 0.1) is 5.41 Å². The highest BCUT2D eigenvalue weighted by Gasteiger charge is 2.79. The zero-order chi connectivity index (χ0) is 26.9. The Morgan fingerprint density at radius 2 is 1.76 bits per heavy atom. The van der Waals surface area contributed by atoms with E-state index in [4.69, 9.17) is 16.0 Å². The van der Waals surface area contributed by atoms with Crippen molar-refractivity contribution in [2.24, 2.45) is 11.1 Å². The molecule has 0 aliphatic heterocycles. The molecule has 6 rings (SSSR count). The van der Waals surface area contributed by atoms with Gasteiger partial charge in [-0.15, -0.1) is 0 Å². The number of carbonyl (C=O) groups is 2. The van der Waals surface area contributed by atoms with E-state index in [0.717, 1.165) is 0 Å². The van der Waals surface area contributed by atoms with Gasteiger partial charge >= 0.3 is 6.18 Å². The molecule has 3 aromatic rings. The van der Waals surface area contributed by atoms with Gasteiger partial charge in [-0.3, -0.25) is 14.9 Å². The topological polar surface area (TPSA) is 142 Å². The number of carbonyl (C=O) groups excluding carboxylic acids is 2. The van der Waals surface area contributed by atoms with Crippen LogP contribution in [0.5, 0.6) is 0 Å².